The van der Waals surface area contributed by atoms with E-state index in [4.69, 9.17) is 10.5 Å². The number of aromatic nitrogens is 2. The second-order valence-corrected chi connectivity index (χ2v) is 5.35. The van der Waals surface area contributed by atoms with Crippen LogP contribution >= 0.6 is 11.3 Å². The molecule has 19 heavy (non-hydrogen) atoms. The quantitative estimate of drug-likeness (QED) is 0.850. The molecule has 0 aliphatic heterocycles. The summed E-state index contributed by atoms with van der Waals surface area (Å²) in [7, 11) is 0. The molecule has 0 amide bonds. The number of nitrogens with zero attached hydrogens (tertiary/aromatic N) is 2. The van der Waals surface area contributed by atoms with Crippen molar-refractivity contribution in [2.75, 3.05) is 17.7 Å². The molecule has 5 nitrogen and oxygen atoms in total. The molecule has 2 rings (SSSR count). The molecule has 0 unspecified atom stereocenters. The van der Waals surface area contributed by atoms with Gasteiger partial charge in [-0.25, -0.2) is 4.98 Å². The van der Waals surface area contributed by atoms with E-state index in [1.165, 1.54) is 0 Å². The number of pyridine rings is 1. The van der Waals surface area contributed by atoms with Crippen molar-refractivity contribution in [3.8, 4) is 5.88 Å². The Morgan fingerprint density at radius 3 is 2.95 bits per heavy atom. The van der Waals surface area contributed by atoms with Gasteiger partial charge in [0.25, 0.3) is 0 Å². The monoisotopic (exact) mass is 278 g/mol. The summed E-state index contributed by atoms with van der Waals surface area (Å²) in [6.07, 6.45) is 0. The van der Waals surface area contributed by atoms with Crippen LogP contribution in [0.2, 0.25) is 0 Å². The smallest absolute Gasteiger partial charge is 0.239 e. The van der Waals surface area contributed by atoms with Crippen LogP contribution in [-0.4, -0.2) is 16.6 Å². The summed E-state index contributed by atoms with van der Waals surface area (Å²) < 4.78 is 5.59. The highest BCUT2D eigenvalue weighted by Crippen LogP contribution is 2.21. The van der Waals surface area contributed by atoms with E-state index in [1.54, 1.807) is 17.4 Å². The summed E-state index contributed by atoms with van der Waals surface area (Å²) in [5.41, 5.74) is 9.20. The Hall–Kier alpha value is -1.82. The van der Waals surface area contributed by atoms with Crippen LogP contribution in [0, 0.1) is 5.92 Å². The van der Waals surface area contributed by atoms with Crippen LogP contribution in [0.3, 0.4) is 0 Å². The second-order valence-electron chi connectivity index (χ2n) is 4.63. The molecule has 2 heterocycles. The molecule has 0 bridgehead atoms. The molecular weight excluding hydrogens is 260 g/mol. The van der Waals surface area contributed by atoms with Crippen LogP contribution in [0.25, 0.3) is 0 Å². The summed E-state index contributed by atoms with van der Waals surface area (Å²) in [6.45, 7) is 5.41. The van der Waals surface area contributed by atoms with Crippen molar-refractivity contribution >= 4 is 22.8 Å². The summed E-state index contributed by atoms with van der Waals surface area (Å²) in [6, 6.07) is 3.63. The van der Waals surface area contributed by atoms with E-state index in [0.29, 0.717) is 30.6 Å². The van der Waals surface area contributed by atoms with Gasteiger partial charge in [0.2, 0.25) is 5.88 Å². The molecule has 0 aliphatic carbocycles. The van der Waals surface area contributed by atoms with E-state index in [2.05, 4.69) is 29.1 Å². The Morgan fingerprint density at radius 2 is 2.26 bits per heavy atom. The minimum absolute atomic E-state index is 0.438. The number of nitrogen functional groups attached to an aromatic ring is 1. The van der Waals surface area contributed by atoms with E-state index < -0.39 is 0 Å². The molecule has 0 radical (unpaired) electrons. The van der Waals surface area contributed by atoms with E-state index in [9.17, 15) is 0 Å². The maximum atomic E-state index is 5.84. The highest BCUT2D eigenvalue weighted by molar-refractivity contribution is 7.07. The Balaban J connectivity index is 1.99. The van der Waals surface area contributed by atoms with E-state index in [-0.39, 0.29) is 0 Å². The van der Waals surface area contributed by atoms with Gasteiger partial charge in [0.1, 0.15) is 5.82 Å². The van der Waals surface area contributed by atoms with Gasteiger partial charge < -0.3 is 15.8 Å². The van der Waals surface area contributed by atoms with E-state index in [0.717, 1.165) is 11.5 Å². The lowest BCUT2D eigenvalue weighted by atomic mass is 10.2. The first-order valence-electron chi connectivity index (χ1n) is 6.15. The maximum Gasteiger partial charge on any atom is 0.239 e. The van der Waals surface area contributed by atoms with Gasteiger partial charge >= 0.3 is 0 Å². The Bertz CT molecular complexity index is 513. The molecule has 0 aromatic carbocycles. The standard InChI is InChI=1S/C13H18N4OS/c1-9(2)6-18-13-11(14)3-4-12(17-13)15-5-10-7-19-8-16-10/h3-4,7-9H,5-6,14H2,1-2H3,(H,15,17). The minimum Gasteiger partial charge on any atom is -0.476 e. The van der Waals surface area contributed by atoms with Crippen LogP contribution < -0.4 is 15.8 Å². The topological polar surface area (TPSA) is 73.1 Å². The fraction of sp³-hybridized carbons (Fsp3) is 0.385. The van der Waals surface area contributed by atoms with Gasteiger partial charge in [-0.2, -0.15) is 4.98 Å². The molecule has 0 fully saturated rings. The number of anilines is 2. The molecule has 0 saturated carbocycles. The summed E-state index contributed by atoms with van der Waals surface area (Å²) in [5, 5.41) is 5.20. The van der Waals surface area contributed by atoms with Crippen molar-refractivity contribution < 1.29 is 4.74 Å². The number of hydrogen-bond donors (Lipinski definition) is 2. The van der Waals surface area contributed by atoms with Crippen LogP contribution in [-0.2, 0) is 6.54 Å². The largest absolute Gasteiger partial charge is 0.476 e. The third-order valence-electron chi connectivity index (χ3n) is 2.38. The van der Waals surface area contributed by atoms with Crippen LogP contribution in [0.1, 0.15) is 19.5 Å². The van der Waals surface area contributed by atoms with Gasteiger partial charge in [-0.3, -0.25) is 0 Å². The zero-order valence-corrected chi connectivity index (χ0v) is 11.9. The predicted octanol–water partition coefficient (Wildman–Crippen LogP) is 2.77. The highest BCUT2D eigenvalue weighted by Gasteiger charge is 2.06. The minimum atomic E-state index is 0.438. The SMILES string of the molecule is CC(C)COc1nc(NCc2cscn2)ccc1N. The zero-order chi connectivity index (χ0) is 13.7. The van der Waals surface area contributed by atoms with Crippen molar-refractivity contribution in [2.24, 2.45) is 5.92 Å². The summed E-state index contributed by atoms with van der Waals surface area (Å²) >= 11 is 1.58. The maximum absolute atomic E-state index is 5.84. The fourth-order valence-corrected chi connectivity index (χ4v) is 1.98. The van der Waals surface area contributed by atoms with Crippen LogP contribution in [0.4, 0.5) is 11.5 Å². The van der Waals surface area contributed by atoms with Gasteiger partial charge in [-0.1, -0.05) is 13.8 Å². The van der Waals surface area contributed by atoms with Crippen molar-refractivity contribution in [1.29, 1.82) is 0 Å². The zero-order valence-electron chi connectivity index (χ0n) is 11.1. The number of nitrogens with one attached hydrogen (secondary N) is 1. The van der Waals surface area contributed by atoms with Crippen molar-refractivity contribution in [1.82, 2.24) is 9.97 Å². The molecule has 0 atom stereocenters. The van der Waals surface area contributed by atoms with Gasteiger partial charge in [0, 0.05) is 5.38 Å². The first-order valence-corrected chi connectivity index (χ1v) is 7.09. The highest BCUT2D eigenvalue weighted by atomic mass is 32.1. The first kappa shape index (κ1) is 13.6. The summed E-state index contributed by atoms with van der Waals surface area (Å²) in [4.78, 5) is 8.56. The molecule has 102 valence electrons. The number of ether oxygens (including phenoxy) is 1. The van der Waals surface area contributed by atoms with Gasteiger partial charge in [-0.15, -0.1) is 11.3 Å². The third kappa shape index (κ3) is 4.10. The molecular formula is C13H18N4OS. The third-order valence-corrected chi connectivity index (χ3v) is 3.01. The number of nitrogens with two attached hydrogens (primary N) is 1. The molecule has 2 aromatic heterocycles. The average molecular weight is 278 g/mol. The number of thiazole rings is 1. The van der Waals surface area contributed by atoms with Crippen LogP contribution in [0.5, 0.6) is 5.88 Å². The average Bonchev–Trinajstić information content (AvgIpc) is 2.89. The first-order chi connectivity index (χ1) is 9.15. The number of rotatable bonds is 6. The lowest BCUT2D eigenvalue weighted by Gasteiger charge is -2.11. The molecule has 0 saturated heterocycles. The second kappa shape index (κ2) is 6.38. The Kier molecular flexibility index (Phi) is 4.57. The Labute approximate surface area is 116 Å². The Morgan fingerprint density at radius 1 is 1.42 bits per heavy atom. The molecule has 3 N–H and O–H groups in total. The molecule has 2 aromatic rings. The van der Waals surface area contributed by atoms with E-state index >= 15 is 0 Å². The van der Waals surface area contributed by atoms with Crippen LogP contribution in [0.15, 0.2) is 23.0 Å². The number of hydrogen-bond acceptors (Lipinski definition) is 6. The van der Waals surface area contributed by atoms with Gasteiger partial charge in [0.15, 0.2) is 0 Å². The molecule has 6 heteroatoms. The van der Waals surface area contributed by atoms with Crippen molar-refractivity contribution in [3.63, 3.8) is 0 Å². The van der Waals surface area contributed by atoms with E-state index in [1.807, 2.05) is 17.0 Å². The van der Waals surface area contributed by atoms with Gasteiger partial charge in [0.05, 0.1) is 30.0 Å². The van der Waals surface area contributed by atoms with Gasteiger partial charge in [-0.05, 0) is 18.1 Å². The summed E-state index contributed by atoms with van der Waals surface area (Å²) in [5.74, 6) is 1.66. The van der Waals surface area contributed by atoms with Crippen molar-refractivity contribution in [3.05, 3.63) is 28.7 Å². The lowest BCUT2D eigenvalue weighted by Crippen LogP contribution is -2.09. The lowest BCUT2D eigenvalue weighted by molar-refractivity contribution is 0.263. The molecule has 0 spiro atoms. The molecule has 0 aliphatic rings. The fourth-order valence-electron chi connectivity index (χ4n) is 1.42. The predicted molar refractivity (Wildman–Crippen MR) is 78.4 cm³/mol. The normalized spacial score (nSPS) is 10.7. The van der Waals surface area contributed by atoms with Crippen molar-refractivity contribution in [2.45, 2.75) is 20.4 Å².